The monoisotopic (exact) mass is 410 g/mol. The third-order valence-corrected chi connectivity index (χ3v) is 7.06. The number of anilines is 2. The van der Waals surface area contributed by atoms with E-state index < -0.39 is 0 Å². The van der Waals surface area contributed by atoms with Crippen LogP contribution in [0.1, 0.15) is 33.8 Å². The molecule has 29 heavy (non-hydrogen) atoms. The van der Waals surface area contributed by atoms with Crippen molar-refractivity contribution in [2.45, 2.75) is 25.7 Å². The van der Waals surface area contributed by atoms with Crippen molar-refractivity contribution in [1.29, 1.82) is 0 Å². The number of aromatic nitrogens is 1. The summed E-state index contributed by atoms with van der Waals surface area (Å²) in [7, 11) is 0. The van der Waals surface area contributed by atoms with E-state index in [-0.39, 0.29) is 11.7 Å². The molecule has 7 heteroatoms. The summed E-state index contributed by atoms with van der Waals surface area (Å²) in [4.78, 5) is 23.5. The van der Waals surface area contributed by atoms with E-state index in [9.17, 15) is 9.18 Å². The Bertz CT molecular complexity index is 1070. The fraction of sp³-hybridized carbons (Fsp3) is 0.364. The van der Waals surface area contributed by atoms with Gasteiger partial charge in [-0.15, -0.1) is 11.3 Å². The van der Waals surface area contributed by atoms with Gasteiger partial charge >= 0.3 is 0 Å². The first-order valence-electron chi connectivity index (χ1n) is 10.1. The molecule has 3 heterocycles. The minimum atomic E-state index is -0.238. The van der Waals surface area contributed by atoms with Crippen LogP contribution in [0, 0.1) is 5.82 Å². The van der Waals surface area contributed by atoms with Gasteiger partial charge in [-0.1, -0.05) is 0 Å². The normalized spacial score (nSPS) is 16.9. The van der Waals surface area contributed by atoms with E-state index in [2.05, 4.69) is 11.0 Å². The van der Waals surface area contributed by atoms with Crippen LogP contribution < -0.4 is 10.6 Å². The number of halogens is 1. The topological polar surface area (TPSA) is 62.5 Å². The lowest BCUT2D eigenvalue weighted by Crippen LogP contribution is -2.48. The highest BCUT2D eigenvalue weighted by Gasteiger charge is 2.27. The van der Waals surface area contributed by atoms with Gasteiger partial charge in [0.15, 0.2) is 0 Å². The number of nitrogens with zero attached hydrogens (tertiary/aromatic N) is 3. The molecule has 1 saturated heterocycles. The summed E-state index contributed by atoms with van der Waals surface area (Å²) in [6.45, 7) is 2.67. The number of rotatable bonds is 2. The number of piperazine rings is 1. The van der Waals surface area contributed by atoms with Gasteiger partial charge in [0, 0.05) is 42.9 Å². The molecule has 0 atom stereocenters. The molecule has 1 amide bonds. The van der Waals surface area contributed by atoms with Crippen molar-refractivity contribution < 1.29 is 9.18 Å². The van der Waals surface area contributed by atoms with E-state index in [1.165, 1.54) is 41.9 Å². The van der Waals surface area contributed by atoms with E-state index in [0.29, 0.717) is 36.7 Å². The van der Waals surface area contributed by atoms with Crippen molar-refractivity contribution in [1.82, 2.24) is 9.88 Å². The van der Waals surface area contributed by atoms with Gasteiger partial charge in [0.25, 0.3) is 5.91 Å². The lowest BCUT2D eigenvalue weighted by molar-refractivity contribution is 0.0752. The number of hydrogen-bond acceptors (Lipinski definition) is 5. The van der Waals surface area contributed by atoms with Crippen molar-refractivity contribution in [3.8, 4) is 0 Å². The van der Waals surface area contributed by atoms with Crippen molar-refractivity contribution in [3.05, 3.63) is 52.3 Å². The number of amides is 1. The minimum Gasteiger partial charge on any atom is -0.397 e. The SMILES string of the molecule is Nc1c(C(=O)N2CCN(c3ccc(F)cc3)CC2)sc2nc3c(cc12)CCCC3. The van der Waals surface area contributed by atoms with E-state index in [4.69, 9.17) is 10.7 Å². The highest BCUT2D eigenvalue weighted by Crippen LogP contribution is 2.36. The molecule has 5 nitrogen and oxygen atoms in total. The van der Waals surface area contributed by atoms with Crippen LogP contribution in [0.5, 0.6) is 0 Å². The highest BCUT2D eigenvalue weighted by atomic mass is 32.1. The molecule has 0 unspecified atom stereocenters. The number of carbonyl (C=O) groups is 1. The summed E-state index contributed by atoms with van der Waals surface area (Å²) in [5, 5.41) is 0.920. The molecule has 150 valence electrons. The molecule has 1 aliphatic carbocycles. The quantitative estimate of drug-likeness (QED) is 0.697. The van der Waals surface area contributed by atoms with E-state index >= 15 is 0 Å². The average Bonchev–Trinajstić information content (AvgIpc) is 3.08. The van der Waals surface area contributed by atoms with Crippen LogP contribution >= 0.6 is 11.3 Å². The lowest BCUT2D eigenvalue weighted by atomic mass is 9.95. The number of nitrogens with two attached hydrogens (primary N) is 1. The summed E-state index contributed by atoms with van der Waals surface area (Å²) >= 11 is 1.41. The highest BCUT2D eigenvalue weighted by molar-refractivity contribution is 7.21. The summed E-state index contributed by atoms with van der Waals surface area (Å²) in [5.74, 6) is -0.250. The van der Waals surface area contributed by atoms with Crippen LogP contribution in [-0.2, 0) is 12.8 Å². The molecule has 1 fully saturated rings. The fourth-order valence-electron chi connectivity index (χ4n) is 4.28. The fourth-order valence-corrected chi connectivity index (χ4v) is 5.35. The summed E-state index contributed by atoms with van der Waals surface area (Å²) < 4.78 is 13.1. The predicted molar refractivity (Wildman–Crippen MR) is 115 cm³/mol. The molecular weight excluding hydrogens is 387 g/mol. The maximum absolute atomic E-state index is 13.2. The molecule has 2 aliphatic rings. The Morgan fingerprint density at radius 3 is 2.55 bits per heavy atom. The summed E-state index contributed by atoms with van der Waals surface area (Å²) in [6, 6.07) is 8.65. The Morgan fingerprint density at radius 2 is 1.79 bits per heavy atom. The Kier molecular flexibility index (Phi) is 4.62. The van der Waals surface area contributed by atoms with Crippen molar-refractivity contribution >= 4 is 38.8 Å². The standard InChI is InChI=1S/C22H23FN4OS/c23-15-5-7-16(8-6-15)26-9-11-27(12-10-26)22(28)20-19(24)17-13-14-3-1-2-4-18(14)25-21(17)29-20/h5-8,13H,1-4,9-12,24H2. The molecule has 0 bridgehead atoms. The Hall–Kier alpha value is -2.67. The van der Waals surface area contributed by atoms with Crippen LogP contribution in [0.15, 0.2) is 30.3 Å². The van der Waals surface area contributed by atoms with E-state index in [0.717, 1.165) is 34.4 Å². The lowest BCUT2D eigenvalue weighted by Gasteiger charge is -2.36. The largest absolute Gasteiger partial charge is 0.397 e. The number of nitrogen functional groups attached to an aromatic ring is 1. The van der Waals surface area contributed by atoms with Gasteiger partial charge in [0.1, 0.15) is 15.5 Å². The van der Waals surface area contributed by atoms with Crippen molar-refractivity contribution in [2.75, 3.05) is 36.8 Å². The number of thiophene rings is 1. The molecule has 0 saturated carbocycles. The van der Waals surface area contributed by atoms with Gasteiger partial charge in [-0.25, -0.2) is 9.37 Å². The number of benzene rings is 1. The second-order valence-corrected chi connectivity index (χ2v) is 8.75. The molecule has 1 aromatic carbocycles. The molecule has 1 aliphatic heterocycles. The number of hydrogen-bond donors (Lipinski definition) is 1. The first-order chi connectivity index (χ1) is 14.1. The zero-order chi connectivity index (χ0) is 20.0. The van der Waals surface area contributed by atoms with Gasteiger partial charge in [-0.05, 0) is 61.6 Å². The molecule has 5 rings (SSSR count). The van der Waals surface area contributed by atoms with E-state index in [1.54, 1.807) is 12.1 Å². The molecule has 0 spiro atoms. The van der Waals surface area contributed by atoms with Crippen LogP contribution in [0.3, 0.4) is 0 Å². The maximum atomic E-state index is 13.2. The molecule has 3 aromatic rings. The molecule has 2 aromatic heterocycles. The van der Waals surface area contributed by atoms with Crippen LogP contribution in [0.25, 0.3) is 10.2 Å². The van der Waals surface area contributed by atoms with Crippen LogP contribution in [0.2, 0.25) is 0 Å². The van der Waals surface area contributed by atoms with E-state index in [1.807, 2.05) is 4.90 Å². The number of aryl methyl sites for hydroxylation is 2. The Morgan fingerprint density at radius 1 is 1.07 bits per heavy atom. The van der Waals surface area contributed by atoms with Gasteiger partial charge in [0.2, 0.25) is 0 Å². The smallest absolute Gasteiger partial charge is 0.266 e. The summed E-state index contributed by atoms with van der Waals surface area (Å²) in [6.07, 6.45) is 4.42. The van der Waals surface area contributed by atoms with Crippen molar-refractivity contribution in [3.63, 3.8) is 0 Å². The molecular formula is C22H23FN4OS. The van der Waals surface area contributed by atoms with Gasteiger partial charge in [-0.2, -0.15) is 0 Å². The minimum absolute atomic E-state index is 0.0118. The second-order valence-electron chi connectivity index (χ2n) is 7.75. The maximum Gasteiger partial charge on any atom is 0.266 e. The zero-order valence-electron chi connectivity index (χ0n) is 16.2. The Balaban J connectivity index is 1.35. The molecule has 2 N–H and O–H groups in total. The van der Waals surface area contributed by atoms with Gasteiger partial charge in [0.05, 0.1) is 5.69 Å². The summed E-state index contributed by atoms with van der Waals surface area (Å²) in [5.41, 5.74) is 10.4. The Labute approximate surface area is 172 Å². The number of pyridine rings is 1. The zero-order valence-corrected chi connectivity index (χ0v) is 17.0. The number of carbonyl (C=O) groups excluding carboxylic acids is 1. The van der Waals surface area contributed by atoms with Crippen LogP contribution in [0.4, 0.5) is 15.8 Å². The van der Waals surface area contributed by atoms with Gasteiger partial charge in [-0.3, -0.25) is 4.79 Å². The first-order valence-corrected chi connectivity index (χ1v) is 10.9. The third-order valence-electron chi connectivity index (χ3n) is 5.95. The third kappa shape index (κ3) is 3.33. The molecule has 0 radical (unpaired) electrons. The first kappa shape index (κ1) is 18.4. The van der Waals surface area contributed by atoms with Crippen LogP contribution in [-0.4, -0.2) is 42.0 Å². The van der Waals surface area contributed by atoms with Gasteiger partial charge < -0.3 is 15.5 Å². The second kappa shape index (κ2) is 7.30. The number of fused-ring (bicyclic) bond motifs is 2. The predicted octanol–water partition coefficient (Wildman–Crippen LogP) is 3.86. The average molecular weight is 411 g/mol. The van der Waals surface area contributed by atoms with Crippen molar-refractivity contribution in [2.24, 2.45) is 0 Å².